The number of hydrogen-bond acceptors (Lipinski definition) is 1. The Hall–Kier alpha value is 0.394. The molecule has 1 fully saturated rings. The predicted octanol–water partition coefficient (Wildman–Crippen LogP) is 0.855. The zero-order chi connectivity index (χ0) is 9.68. The summed E-state index contributed by atoms with van der Waals surface area (Å²) < 4.78 is 2.88. The molecule has 0 heterocycles. The largest absolute Gasteiger partial charge is 0.325 e. The standard InChI is InChI=1S/C10H25NSi2/c1-9(2)11(13-8-12)10-6-4-3-5-7-10/h9-10H,3-8,13H2,1-2,12H3. The molecule has 0 amide bonds. The summed E-state index contributed by atoms with van der Waals surface area (Å²) in [4.78, 5) is 0. The Morgan fingerprint density at radius 3 is 2.38 bits per heavy atom. The predicted molar refractivity (Wildman–Crippen MR) is 67.1 cm³/mol. The van der Waals surface area contributed by atoms with E-state index in [1.54, 1.807) is 5.67 Å². The lowest BCUT2D eigenvalue weighted by Gasteiger charge is -2.37. The number of hydrogen-bond donors (Lipinski definition) is 0. The van der Waals surface area contributed by atoms with Crippen molar-refractivity contribution in [1.29, 1.82) is 0 Å². The summed E-state index contributed by atoms with van der Waals surface area (Å²) in [5, 5.41) is 0. The van der Waals surface area contributed by atoms with Gasteiger partial charge in [-0.15, -0.1) is 0 Å². The van der Waals surface area contributed by atoms with E-state index in [1.165, 1.54) is 42.3 Å². The van der Waals surface area contributed by atoms with Crippen LogP contribution in [0.2, 0.25) is 5.67 Å². The quantitative estimate of drug-likeness (QED) is 0.629. The van der Waals surface area contributed by atoms with E-state index in [-0.39, 0.29) is 9.68 Å². The van der Waals surface area contributed by atoms with Crippen LogP contribution in [-0.2, 0) is 0 Å². The van der Waals surface area contributed by atoms with E-state index in [4.69, 9.17) is 0 Å². The average Bonchev–Trinajstić information content (AvgIpc) is 2.15. The molecule has 1 rings (SSSR count). The van der Waals surface area contributed by atoms with Gasteiger partial charge in [0.1, 0.15) is 0 Å². The second-order valence-electron chi connectivity index (χ2n) is 4.62. The molecule has 0 atom stereocenters. The molecule has 1 aliphatic carbocycles. The maximum absolute atomic E-state index is 2.88. The van der Waals surface area contributed by atoms with Crippen LogP contribution in [0.5, 0.6) is 0 Å². The number of rotatable bonds is 4. The maximum Gasteiger partial charge on any atom is 0.0923 e. The monoisotopic (exact) mass is 215 g/mol. The van der Waals surface area contributed by atoms with Crippen LogP contribution in [-0.4, -0.2) is 36.6 Å². The summed E-state index contributed by atoms with van der Waals surface area (Å²) >= 11 is 0. The average molecular weight is 215 g/mol. The fourth-order valence-corrected chi connectivity index (χ4v) is 5.85. The second-order valence-corrected chi connectivity index (χ2v) is 9.80. The number of nitrogens with zero attached hydrogens (tertiary/aromatic N) is 1. The van der Waals surface area contributed by atoms with Crippen LogP contribution in [0.1, 0.15) is 46.0 Å². The highest BCUT2D eigenvalue weighted by molar-refractivity contribution is 6.44. The molecule has 0 saturated heterocycles. The van der Waals surface area contributed by atoms with Gasteiger partial charge in [0.05, 0.1) is 9.68 Å². The van der Waals surface area contributed by atoms with Crippen molar-refractivity contribution in [1.82, 2.24) is 4.57 Å². The fourth-order valence-electron chi connectivity index (χ4n) is 2.53. The van der Waals surface area contributed by atoms with Gasteiger partial charge >= 0.3 is 0 Å². The molecule has 0 radical (unpaired) electrons. The van der Waals surface area contributed by atoms with Gasteiger partial charge in [0.15, 0.2) is 0 Å². The second kappa shape index (κ2) is 5.99. The van der Waals surface area contributed by atoms with Gasteiger partial charge in [-0.2, -0.15) is 0 Å². The van der Waals surface area contributed by atoms with Crippen LogP contribution in [0.4, 0.5) is 0 Å². The molecule has 13 heavy (non-hydrogen) atoms. The van der Waals surface area contributed by atoms with Gasteiger partial charge in [-0.1, -0.05) is 38.8 Å². The first-order valence-corrected chi connectivity index (χ1v) is 9.06. The van der Waals surface area contributed by atoms with Crippen LogP contribution in [0.15, 0.2) is 0 Å². The Kier molecular flexibility index (Phi) is 5.28. The van der Waals surface area contributed by atoms with E-state index in [0.717, 1.165) is 12.1 Å². The normalized spacial score (nSPS) is 21.2. The molecular formula is C10H25NSi2. The first kappa shape index (κ1) is 11.5. The molecule has 0 N–H and O–H groups in total. The molecule has 3 heteroatoms. The van der Waals surface area contributed by atoms with Crippen molar-refractivity contribution in [2.75, 3.05) is 0 Å². The van der Waals surface area contributed by atoms with Crippen LogP contribution in [0.25, 0.3) is 0 Å². The van der Waals surface area contributed by atoms with Crippen LogP contribution >= 0.6 is 0 Å². The highest BCUT2D eigenvalue weighted by Crippen LogP contribution is 2.23. The summed E-state index contributed by atoms with van der Waals surface area (Å²) in [5.74, 6) is 0. The Balaban J connectivity index is 2.41. The minimum Gasteiger partial charge on any atom is -0.325 e. The smallest absolute Gasteiger partial charge is 0.0923 e. The molecule has 0 bridgehead atoms. The Bertz CT molecular complexity index is 133. The van der Waals surface area contributed by atoms with E-state index in [2.05, 4.69) is 18.4 Å². The van der Waals surface area contributed by atoms with E-state index in [9.17, 15) is 0 Å². The van der Waals surface area contributed by atoms with Crippen molar-refractivity contribution in [2.45, 2.75) is 63.7 Å². The van der Waals surface area contributed by atoms with Gasteiger partial charge in [0.2, 0.25) is 0 Å². The van der Waals surface area contributed by atoms with E-state index >= 15 is 0 Å². The highest BCUT2D eigenvalue weighted by Gasteiger charge is 2.21. The van der Waals surface area contributed by atoms with Crippen molar-refractivity contribution in [3.8, 4) is 0 Å². The summed E-state index contributed by atoms with van der Waals surface area (Å²) in [7, 11) is 1.56. The Labute approximate surface area is 88.6 Å². The maximum atomic E-state index is 2.88. The Morgan fingerprint density at radius 1 is 1.31 bits per heavy atom. The molecule has 0 aromatic rings. The molecule has 0 aromatic heterocycles. The van der Waals surface area contributed by atoms with Crippen LogP contribution in [0.3, 0.4) is 0 Å². The SMILES string of the molecule is CC(C)N([SiH2]C[SiH3])C1CCCCC1. The molecule has 78 valence electrons. The van der Waals surface area contributed by atoms with Gasteiger partial charge in [-0.05, 0) is 18.9 Å². The summed E-state index contributed by atoms with van der Waals surface area (Å²) in [6.07, 6.45) is 7.46. The van der Waals surface area contributed by atoms with Crippen molar-refractivity contribution < 1.29 is 0 Å². The summed E-state index contributed by atoms with van der Waals surface area (Å²) in [6.45, 7) is 4.78. The zero-order valence-corrected chi connectivity index (χ0v) is 13.0. The van der Waals surface area contributed by atoms with E-state index in [1.807, 2.05) is 0 Å². The van der Waals surface area contributed by atoms with Crippen LogP contribution < -0.4 is 0 Å². The van der Waals surface area contributed by atoms with E-state index < -0.39 is 0 Å². The lowest BCUT2D eigenvalue weighted by Crippen LogP contribution is -2.44. The molecule has 0 unspecified atom stereocenters. The zero-order valence-electron chi connectivity index (χ0n) is 9.55. The molecule has 0 spiro atoms. The Morgan fingerprint density at radius 2 is 1.92 bits per heavy atom. The van der Waals surface area contributed by atoms with Gasteiger partial charge in [-0.3, -0.25) is 0 Å². The minimum atomic E-state index is 0.138. The van der Waals surface area contributed by atoms with Crippen molar-refractivity contribution >= 4 is 19.9 Å². The highest BCUT2D eigenvalue weighted by atomic mass is 28.3. The van der Waals surface area contributed by atoms with Crippen molar-refractivity contribution in [2.24, 2.45) is 0 Å². The van der Waals surface area contributed by atoms with Crippen molar-refractivity contribution in [3.05, 3.63) is 0 Å². The first-order valence-electron chi connectivity index (χ1n) is 6.01. The lowest BCUT2D eigenvalue weighted by molar-refractivity contribution is 0.223. The summed E-state index contributed by atoms with van der Waals surface area (Å²) in [5.41, 5.74) is 1.58. The van der Waals surface area contributed by atoms with Gasteiger partial charge in [0.25, 0.3) is 0 Å². The van der Waals surface area contributed by atoms with Crippen molar-refractivity contribution in [3.63, 3.8) is 0 Å². The first-order chi connectivity index (χ1) is 6.25. The minimum absolute atomic E-state index is 0.138. The molecule has 0 aromatic carbocycles. The third-order valence-electron chi connectivity index (χ3n) is 3.19. The fraction of sp³-hybridized carbons (Fsp3) is 1.00. The third-order valence-corrected chi connectivity index (χ3v) is 6.74. The van der Waals surface area contributed by atoms with Gasteiger partial charge in [-0.25, -0.2) is 0 Å². The lowest BCUT2D eigenvalue weighted by atomic mass is 9.95. The summed E-state index contributed by atoms with van der Waals surface area (Å²) in [6, 6.07) is 1.80. The van der Waals surface area contributed by atoms with Gasteiger partial charge in [0, 0.05) is 16.3 Å². The topological polar surface area (TPSA) is 3.24 Å². The molecule has 1 aliphatic rings. The van der Waals surface area contributed by atoms with Gasteiger partial charge < -0.3 is 4.57 Å². The molecule has 0 aliphatic heterocycles. The molecule has 1 saturated carbocycles. The molecule has 1 nitrogen and oxygen atoms in total. The third kappa shape index (κ3) is 3.56. The van der Waals surface area contributed by atoms with E-state index in [0.29, 0.717) is 0 Å². The molecular weight excluding hydrogens is 190 g/mol. The van der Waals surface area contributed by atoms with Crippen LogP contribution in [0, 0.1) is 0 Å².